The van der Waals surface area contributed by atoms with Gasteiger partial charge in [-0.15, -0.1) is 0 Å². The second-order valence-electron chi connectivity index (χ2n) is 5.36. The molecule has 0 aliphatic carbocycles. The molecule has 2 aliphatic rings. The Bertz CT molecular complexity index is 386. The standard InChI is InChI=1S/C14H24N2O5/c1-4-21-11(17)8-16-12(14(19-2)20-3)9-6-5-7-10(15-9)13(16)18/h9-10,12,14-15H,4-8H2,1-3H3. The van der Waals surface area contributed by atoms with E-state index in [1.807, 2.05) is 0 Å². The van der Waals surface area contributed by atoms with E-state index < -0.39 is 12.3 Å². The van der Waals surface area contributed by atoms with Crippen LogP contribution in [0.25, 0.3) is 0 Å². The summed E-state index contributed by atoms with van der Waals surface area (Å²) in [5, 5.41) is 3.33. The number of carbonyl (C=O) groups excluding carboxylic acids is 2. The maximum absolute atomic E-state index is 12.6. The lowest BCUT2D eigenvalue weighted by Crippen LogP contribution is -2.70. The maximum Gasteiger partial charge on any atom is 0.325 e. The van der Waals surface area contributed by atoms with Gasteiger partial charge in [0, 0.05) is 20.3 Å². The number of fused-ring (bicyclic) bond motifs is 2. The van der Waals surface area contributed by atoms with Crippen molar-refractivity contribution in [2.75, 3.05) is 27.4 Å². The zero-order chi connectivity index (χ0) is 15.4. The third-order valence-electron chi connectivity index (χ3n) is 4.12. The Morgan fingerprint density at radius 2 is 2.10 bits per heavy atom. The smallest absolute Gasteiger partial charge is 0.325 e. The minimum absolute atomic E-state index is 0.0603. The lowest BCUT2D eigenvalue weighted by Gasteiger charge is -2.49. The monoisotopic (exact) mass is 300 g/mol. The maximum atomic E-state index is 12.6. The number of rotatable bonds is 6. The van der Waals surface area contributed by atoms with E-state index in [1.165, 1.54) is 14.2 Å². The predicted octanol–water partition coefficient (Wildman–Crippen LogP) is -0.110. The fraction of sp³-hybridized carbons (Fsp3) is 0.857. The van der Waals surface area contributed by atoms with Gasteiger partial charge in [-0.05, 0) is 26.2 Å². The molecule has 0 radical (unpaired) electrons. The summed E-state index contributed by atoms with van der Waals surface area (Å²) in [5.74, 6) is -0.482. The molecular weight excluding hydrogens is 276 g/mol. The van der Waals surface area contributed by atoms with Crippen molar-refractivity contribution in [1.82, 2.24) is 10.2 Å². The first-order chi connectivity index (χ1) is 10.1. The molecule has 0 spiro atoms. The number of amides is 1. The van der Waals surface area contributed by atoms with Gasteiger partial charge in [0.1, 0.15) is 6.54 Å². The summed E-state index contributed by atoms with van der Waals surface area (Å²) in [6.07, 6.45) is 2.14. The molecule has 0 saturated carbocycles. The first-order valence-electron chi connectivity index (χ1n) is 7.40. The molecule has 0 aromatic heterocycles. The lowest BCUT2D eigenvalue weighted by molar-refractivity contribution is -0.184. The van der Waals surface area contributed by atoms with Crippen molar-refractivity contribution >= 4 is 11.9 Å². The van der Waals surface area contributed by atoms with Crippen LogP contribution in [0.1, 0.15) is 26.2 Å². The molecule has 3 atom stereocenters. The number of piperidine rings is 1. The highest BCUT2D eigenvalue weighted by Gasteiger charge is 2.47. The minimum atomic E-state index is -0.570. The molecule has 3 unspecified atom stereocenters. The number of methoxy groups -OCH3 is 2. The van der Waals surface area contributed by atoms with Gasteiger partial charge in [-0.1, -0.05) is 0 Å². The average molecular weight is 300 g/mol. The van der Waals surface area contributed by atoms with Crippen molar-refractivity contribution in [2.24, 2.45) is 0 Å². The van der Waals surface area contributed by atoms with Crippen LogP contribution in [0.15, 0.2) is 0 Å². The molecule has 0 aromatic rings. The lowest BCUT2D eigenvalue weighted by atomic mass is 9.87. The van der Waals surface area contributed by atoms with Crippen LogP contribution in [0.4, 0.5) is 0 Å². The van der Waals surface area contributed by atoms with E-state index in [2.05, 4.69) is 5.32 Å². The first kappa shape index (κ1) is 16.2. The molecule has 7 heteroatoms. The molecule has 1 amide bonds. The van der Waals surface area contributed by atoms with E-state index in [0.29, 0.717) is 6.61 Å². The Balaban J connectivity index is 2.21. The van der Waals surface area contributed by atoms with Crippen LogP contribution >= 0.6 is 0 Å². The summed E-state index contributed by atoms with van der Waals surface area (Å²) >= 11 is 0. The molecule has 120 valence electrons. The molecule has 2 fully saturated rings. The largest absolute Gasteiger partial charge is 0.465 e. The second-order valence-corrected chi connectivity index (χ2v) is 5.36. The molecule has 1 N–H and O–H groups in total. The van der Waals surface area contributed by atoms with Crippen LogP contribution in [0.5, 0.6) is 0 Å². The SMILES string of the molecule is CCOC(=O)CN1C(=O)C2CCCC(N2)C1C(OC)OC. The van der Waals surface area contributed by atoms with Crippen molar-refractivity contribution in [3.8, 4) is 0 Å². The quantitative estimate of drug-likeness (QED) is 0.545. The van der Waals surface area contributed by atoms with Gasteiger partial charge in [-0.2, -0.15) is 0 Å². The zero-order valence-corrected chi connectivity index (χ0v) is 12.8. The van der Waals surface area contributed by atoms with Gasteiger partial charge in [0.2, 0.25) is 5.91 Å². The van der Waals surface area contributed by atoms with E-state index in [4.69, 9.17) is 14.2 Å². The zero-order valence-electron chi connectivity index (χ0n) is 12.8. The molecule has 0 aromatic carbocycles. The van der Waals surface area contributed by atoms with Crippen LogP contribution in [0, 0.1) is 0 Å². The Morgan fingerprint density at radius 1 is 1.38 bits per heavy atom. The van der Waals surface area contributed by atoms with Crippen molar-refractivity contribution in [3.63, 3.8) is 0 Å². The summed E-state index contributed by atoms with van der Waals surface area (Å²) in [7, 11) is 3.08. The Morgan fingerprint density at radius 3 is 2.71 bits per heavy atom. The van der Waals surface area contributed by atoms with Gasteiger partial charge in [0.05, 0.1) is 18.7 Å². The van der Waals surface area contributed by atoms with Crippen LogP contribution in [0.3, 0.4) is 0 Å². The molecule has 2 aliphatic heterocycles. The van der Waals surface area contributed by atoms with Gasteiger partial charge in [-0.25, -0.2) is 0 Å². The Hall–Kier alpha value is -1.18. The molecule has 2 bridgehead atoms. The number of carbonyl (C=O) groups is 2. The molecule has 21 heavy (non-hydrogen) atoms. The number of nitrogens with one attached hydrogen (secondary N) is 1. The van der Waals surface area contributed by atoms with E-state index >= 15 is 0 Å². The Kier molecular flexibility index (Phi) is 5.55. The van der Waals surface area contributed by atoms with Crippen LogP contribution in [-0.4, -0.2) is 68.6 Å². The van der Waals surface area contributed by atoms with Crippen LogP contribution < -0.4 is 5.32 Å². The summed E-state index contributed by atoms with van der Waals surface area (Å²) < 4.78 is 15.7. The van der Waals surface area contributed by atoms with E-state index in [1.54, 1.807) is 11.8 Å². The van der Waals surface area contributed by atoms with Gasteiger partial charge in [0.15, 0.2) is 6.29 Å². The van der Waals surface area contributed by atoms with E-state index in [-0.39, 0.29) is 30.6 Å². The molecule has 2 saturated heterocycles. The number of ether oxygens (including phenoxy) is 3. The van der Waals surface area contributed by atoms with Gasteiger partial charge >= 0.3 is 5.97 Å². The third kappa shape index (κ3) is 3.36. The highest BCUT2D eigenvalue weighted by molar-refractivity contribution is 5.87. The minimum Gasteiger partial charge on any atom is -0.465 e. The molecular formula is C14H24N2O5. The normalized spacial score (nSPS) is 28.9. The number of hydrogen-bond acceptors (Lipinski definition) is 6. The fourth-order valence-corrected chi connectivity index (χ4v) is 3.24. The summed E-state index contributed by atoms with van der Waals surface area (Å²) in [5.41, 5.74) is 0. The topological polar surface area (TPSA) is 77.1 Å². The second kappa shape index (κ2) is 7.20. The van der Waals surface area contributed by atoms with Gasteiger partial charge < -0.3 is 24.4 Å². The van der Waals surface area contributed by atoms with Crippen LogP contribution in [0.2, 0.25) is 0 Å². The van der Waals surface area contributed by atoms with E-state index in [0.717, 1.165) is 19.3 Å². The average Bonchev–Trinajstić information content (AvgIpc) is 2.49. The van der Waals surface area contributed by atoms with Gasteiger partial charge in [0.25, 0.3) is 0 Å². The summed E-state index contributed by atoms with van der Waals surface area (Å²) in [6, 6.07) is -0.474. The summed E-state index contributed by atoms with van der Waals surface area (Å²) in [4.78, 5) is 25.9. The molecule has 2 heterocycles. The number of likely N-dealkylation sites (tertiary alicyclic amines) is 1. The number of esters is 1. The fourth-order valence-electron chi connectivity index (χ4n) is 3.24. The number of piperazine rings is 1. The van der Waals surface area contributed by atoms with Crippen molar-refractivity contribution in [3.05, 3.63) is 0 Å². The number of nitrogens with zero attached hydrogens (tertiary/aromatic N) is 1. The van der Waals surface area contributed by atoms with E-state index in [9.17, 15) is 9.59 Å². The van der Waals surface area contributed by atoms with Gasteiger partial charge in [-0.3, -0.25) is 9.59 Å². The van der Waals surface area contributed by atoms with Crippen molar-refractivity contribution in [1.29, 1.82) is 0 Å². The third-order valence-corrected chi connectivity index (χ3v) is 4.12. The summed E-state index contributed by atoms with van der Waals surface area (Å²) in [6.45, 7) is 1.99. The Labute approximate surface area is 124 Å². The number of hydrogen-bond donors (Lipinski definition) is 1. The molecule has 7 nitrogen and oxygen atoms in total. The van der Waals surface area contributed by atoms with Crippen molar-refractivity contribution < 1.29 is 23.8 Å². The predicted molar refractivity (Wildman–Crippen MR) is 74.5 cm³/mol. The highest BCUT2D eigenvalue weighted by Crippen LogP contribution is 2.28. The van der Waals surface area contributed by atoms with Crippen LogP contribution in [-0.2, 0) is 23.8 Å². The van der Waals surface area contributed by atoms with Crippen molar-refractivity contribution in [2.45, 2.75) is 50.6 Å². The molecule has 2 rings (SSSR count). The first-order valence-corrected chi connectivity index (χ1v) is 7.40. The highest BCUT2D eigenvalue weighted by atomic mass is 16.7.